The number of carbonyl (C=O) groups excluding carboxylic acids is 2. The second kappa shape index (κ2) is 9.94. The van der Waals surface area contributed by atoms with Gasteiger partial charge in [0, 0.05) is 18.7 Å². The molecule has 182 valence electrons. The molecule has 1 amide bonds. The molecule has 35 heavy (non-hydrogen) atoms. The van der Waals surface area contributed by atoms with Gasteiger partial charge in [-0.2, -0.15) is 0 Å². The Morgan fingerprint density at radius 3 is 2.49 bits per heavy atom. The van der Waals surface area contributed by atoms with Gasteiger partial charge in [0.25, 0.3) is 0 Å². The van der Waals surface area contributed by atoms with Crippen molar-refractivity contribution in [1.29, 1.82) is 0 Å². The molecule has 3 aromatic rings. The van der Waals surface area contributed by atoms with Gasteiger partial charge in [-0.05, 0) is 74.3 Å². The van der Waals surface area contributed by atoms with E-state index >= 15 is 0 Å². The summed E-state index contributed by atoms with van der Waals surface area (Å²) in [6.45, 7) is 2.98. The summed E-state index contributed by atoms with van der Waals surface area (Å²) in [5.41, 5.74) is 3.61. The SMILES string of the molecule is Cc1cc(OC(=O)C2CCN(C(=O)OCc3ccccc3)CC2)c2c3c(c(=O)oc2c1)CCCC3. The summed E-state index contributed by atoms with van der Waals surface area (Å²) in [6.07, 6.45) is 4.06. The predicted octanol–water partition coefficient (Wildman–Crippen LogP) is 4.93. The Balaban J connectivity index is 1.26. The van der Waals surface area contributed by atoms with Crippen LogP contribution < -0.4 is 10.4 Å². The number of likely N-dealkylation sites (tertiary alicyclic amines) is 1. The van der Waals surface area contributed by atoms with Crippen LogP contribution in [0.1, 0.15) is 47.9 Å². The number of hydrogen-bond acceptors (Lipinski definition) is 6. The minimum absolute atomic E-state index is 0.225. The monoisotopic (exact) mass is 475 g/mol. The summed E-state index contributed by atoms with van der Waals surface area (Å²) >= 11 is 0. The summed E-state index contributed by atoms with van der Waals surface area (Å²) in [6, 6.07) is 13.2. The van der Waals surface area contributed by atoms with Gasteiger partial charge in [-0.15, -0.1) is 0 Å². The Morgan fingerprint density at radius 2 is 1.74 bits per heavy atom. The van der Waals surface area contributed by atoms with Gasteiger partial charge >= 0.3 is 17.7 Å². The average Bonchev–Trinajstić information content (AvgIpc) is 2.87. The highest BCUT2D eigenvalue weighted by Gasteiger charge is 2.30. The minimum Gasteiger partial charge on any atom is -0.445 e. The van der Waals surface area contributed by atoms with Gasteiger partial charge in [0.15, 0.2) is 0 Å². The number of piperidine rings is 1. The molecular formula is C28H29NO6. The number of esters is 1. The number of carbonyl (C=O) groups is 2. The predicted molar refractivity (Wildman–Crippen MR) is 130 cm³/mol. The van der Waals surface area contributed by atoms with Crippen LogP contribution in [0, 0.1) is 12.8 Å². The van der Waals surface area contributed by atoms with Crippen LogP contribution in [-0.2, 0) is 29.0 Å². The van der Waals surface area contributed by atoms with Crippen LogP contribution in [0.5, 0.6) is 5.75 Å². The largest absolute Gasteiger partial charge is 0.445 e. The van der Waals surface area contributed by atoms with Crippen molar-refractivity contribution in [3.05, 3.63) is 75.1 Å². The fourth-order valence-corrected chi connectivity index (χ4v) is 5.05. The van der Waals surface area contributed by atoms with E-state index in [9.17, 15) is 14.4 Å². The number of benzene rings is 2. The lowest BCUT2D eigenvalue weighted by Gasteiger charge is -2.30. The van der Waals surface area contributed by atoms with Crippen molar-refractivity contribution < 1.29 is 23.5 Å². The van der Waals surface area contributed by atoms with Crippen molar-refractivity contribution in [2.45, 2.75) is 52.1 Å². The normalized spacial score (nSPS) is 16.1. The number of nitrogens with zero attached hydrogens (tertiary/aromatic N) is 1. The zero-order chi connectivity index (χ0) is 24.4. The number of fused-ring (bicyclic) bond motifs is 3. The Hall–Kier alpha value is -3.61. The maximum Gasteiger partial charge on any atom is 0.410 e. The maximum absolute atomic E-state index is 13.1. The molecular weight excluding hydrogens is 446 g/mol. The molecule has 0 atom stereocenters. The third-order valence-electron chi connectivity index (χ3n) is 6.93. The van der Waals surface area contributed by atoms with Crippen molar-refractivity contribution in [3.63, 3.8) is 0 Å². The number of ether oxygens (including phenoxy) is 2. The summed E-state index contributed by atoms with van der Waals surface area (Å²) < 4.78 is 16.9. The molecule has 1 saturated heterocycles. The molecule has 1 aliphatic heterocycles. The van der Waals surface area contributed by atoms with E-state index in [1.54, 1.807) is 4.90 Å². The van der Waals surface area contributed by atoms with Crippen molar-refractivity contribution >= 4 is 23.0 Å². The zero-order valence-electron chi connectivity index (χ0n) is 19.9. The standard InChI is InChI=1S/C28H29NO6/c1-18-15-23(25-21-9-5-6-10-22(21)27(31)35-24(25)16-18)34-26(30)20-11-13-29(14-12-20)28(32)33-17-19-7-3-2-4-8-19/h2-4,7-8,15-16,20H,5-6,9-14,17H2,1H3. The first-order chi connectivity index (χ1) is 17.0. The molecule has 7 heteroatoms. The molecule has 1 aromatic heterocycles. The second-order valence-electron chi connectivity index (χ2n) is 9.41. The first-order valence-electron chi connectivity index (χ1n) is 12.3. The molecule has 5 rings (SSSR count). The Labute approximate surface area is 203 Å². The van der Waals surface area contributed by atoms with Gasteiger partial charge in [0.1, 0.15) is 17.9 Å². The number of rotatable bonds is 4. The van der Waals surface area contributed by atoms with Crippen LogP contribution in [0.15, 0.2) is 51.7 Å². The fraction of sp³-hybridized carbons (Fsp3) is 0.393. The van der Waals surface area contributed by atoms with E-state index in [0.29, 0.717) is 49.2 Å². The van der Waals surface area contributed by atoms with Gasteiger partial charge in [-0.1, -0.05) is 30.3 Å². The fourth-order valence-electron chi connectivity index (χ4n) is 5.05. The molecule has 0 radical (unpaired) electrons. The van der Waals surface area contributed by atoms with Crippen LogP contribution in [0.25, 0.3) is 11.0 Å². The third-order valence-corrected chi connectivity index (χ3v) is 6.93. The van der Waals surface area contributed by atoms with Crippen molar-refractivity contribution in [2.75, 3.05) is 13.1 Å². The van der Waals surface area contributed by atoms with Crippen LogP contribution in [0.2, 0.25) is 0 Å². The van der Waals surface area contributed by atoms with E-state index in [4.69, 9.17) is 13.9 Å². The molecule has 2 heterocycles. The first-order valence-corrected chi connectivity index (χ1v) is 12.3. The lowest BCUT2D eigenvalue weighted by atomic mass is 9.90. The Morgan fingerprint density at radius 1 is 1.03 bits per heavy atom. The Bertz CT molecular complexity index is 1300. The van der Waals surface area contributed by atoms with Gasteiger partial charge in [0.05, 0.1) is 11.3 Å². The highest BCUT2D eigenvalue weighted by Crippen LogP contribution is 2.35. The molecule has 2 aromatic carbocycles. The van der Waals surface area contributed by atoms with E-state index in [-0.39, 0.29) is 30.2 Å². The summed E-state index contributed by atoms with van der Waals surface area (Å²) in [5, 5.41) is 0.736. The maximum atomic E-state index is 13.1. The van der Waals surface area contributed by atoms with Crippen molar-refractivity contribution in [3.8, 4) is 5.75 Å². The molecule has 7 nitrogen and oxygen atoms in total. The van der Waals surface area contributed by atoms with Crippen LogP contribution in [-0.4, -0.2) is 30.1 Å². The lowest BCUT2D eigenvalue weighted by Crippen LogP contribution is -2.41. The minimum atomic E-state index is -0.369. The first kappa shape index (κ1) is 23.1. The van der Waals surface area contributed by atoms with Crippen molar-refractivity contribution in [1.82, 2.24) is 4.90 Å². The molecule has 0 saturated carbocycles. The van der Waals surface area contributed by atoms with E-state index < -0.39 is 0 Å². The molecule has 1 fully saturated rings. The van der Waals surface area contributed by atoms with Crippen molar-refractivity contribution in [2.24, 2.45) is 5.92 Å². The molecule has 1 aliphatic carbocycles. The van der Waals surface area contributed by atoms with E-state index in [0.717, 1.165) is 41.3 Å². The lowest BCUT2D eigenvalue weighted by molar-refractivity contribution is -0.140. The molecule has 0 spiro atoms. The molecule has 2 aliphatic rings. The smallest absolute Gasteiger partial charge is 0.410 e. The van der Waals surface area contributed by atoms with Gasteiger partial charge < -0.3 is 18.8 Å². The Kier molecular flexibility index (Phi) is 6.57. The van der Waals surface area contributed by atoms with Crippen LogP contribution >= 0.6 is 0 Å². The van der Waals surface area contributed by atoms with E-state index in [2.05, 4.69) is 0 Å². The van der Waals surface area contributed by atoms with Gasteiger partial charge in [-0.3, -0.25) is 4.79 Å². The van der Waals surface area contributed by atoms with Gasteiger partial charge in [-0.25, -0.2) is 9.59 Å². The number of hydrogen-bond donors (Lipinski definition) is 0. The topological polar surface area (TPSA) is 86.0 Å². The van der Waals surface area contributed by atoms with Crippen LogP contribution in [0.3, 0.4) is 0 Å². The highest BCUT2D eigenvalue weighted by atomic mass is 16.6. The van der Waals surface area contributed by atoms with Crippen LogP contribution in [0.4, 0.5) is 4.79 Å². The van der Waals surface area contributed by atoms with E-state index in [1.807, 2.05) is 49.4 Å². The summed E-state index contributed by atoms with van der Waals surface area (Å²) in [4.78, 5) is 39.6. The average molecular weight is 476 g/mol. The quantitative estimate of drug-likeness (QED) is 0.302. The highest BCUT2D eigenvalue weighted by molar-refractivity contribution is 5.91. The molecule has 0 unspecified atom stereocenters. The molecule has 0 N–H and O–H groups in total. The number of amides is 1. The zero-order valence-corrected chi connectivity index (χ0v) is 19.9. The number of aryl methyl sites for hydroxylation is 2. The van der Waals surface area contributed by atoms with E-state index in [1.165, 1.54) is 0 Å². The second-order valence-corrected chi connectivity index (χ2v) is 9.41. The van der Waals surface area contributed by atoms with Gasteiger partial charge in [0.2, 0.25) is 0 Å². The molecule has 0 bridgehead atoms. The summed E-state index contributed by atoms with van der Waals surface area (Å²) in [7, 11) is 0. The summed E-state index contributed by atoms with van der Waals surface area (Å²) in [5.74, 6) is -0.170. The third kappa shape index (κ3) is 4.94.